The molecule has 0 N–H and O–H groups in total. The van der Waals surface area contributed by atoms with Crippen molar-refractivity contribution in [2.75, 3.05) is 27.2 Å². The molecule has 2 aliphatic heterocycles. The van der Waals surface area contributed by atoms with E-state index in [1.807, 2.05) is 33.9 Å². The summed E-state index contributed by atoms with van der Waals surface area (Å²) in [6, 6.07) is 0.875. The number of likely N-dealkylation sites (N-methyl/N-ethyl adjacent to an activating group) is 1. The third-order valence-electron chi connectivity index (χ3n) is 4.80. The van der Waals surface area contributed by atoms with Crippen LogP contribution >= 0.6 is 0 Å². The van der Waals surface area contributed by atoms with Crippen LogP contribution in [0.3, 0.4) is 0 Å². The average molecular weight is 478 g/mol. The largest absolute Gasteiger partial charge is 0.410 e. The number of nitrogens with zero attached hydrogens (tertiary/aromatic N) is 3. The number of likely N-dealkylation sites (tertiary alicyclic amines) is 1. The second-order valence-electron chi connectivity index (χ2n) is 8.47. The fourth-order valence-electron chi connectivity index (χ4n) is 3.06. The number of allylic oxidation sites excluding steroid dienone is 4. The van der Waals surface area contributed by atoms with Crippen LogP contribution < -0.4 is 0 Å². The zero-order valence-electron chi connectivity index (χ0n) is 23.3. The van der Waals surface area contributed by atoms with E-state index in [0.29, 0.717) is 12.5 Å². The molecule has 3 aliphatic rings. The molecule has 0 aromatic carbocycles. The van der Waals surface area contributed by atoms with Crippen LogP contribution in [0.2, 0.25) is 0 Å². The van der Waals surface area contributed by atoms with Gasteiger partial charge in [0.25, 0.3) is 0 Å². The molecule has 1 saturated heterocycles. The van der Waals surface area contributed by atoms with Gasteiger partial charge in [-0.2, -0.15) is 0 Å². The first-order valence-corrected chi connectivity index (χ1v) is 12.8. The van der Waals surface area contributed by atoms with Crippen LogP contribution in [0.1, 0.15) is 87.0 Å². The average Bonchev–Trinajstić information content (AvgIpc) is 3.35. The molecule has 2 unspecified atom stereocenters. The summed E-state index contributed by atoms with van der Waals surface area (Å²) in [5.41, 5.74) is 1.47. The summed E-state index contributed by atoms with van der Waals surface area (Å²) in [6.07, 6.45) is 18.1. The SMILES string of the molecule is CC.CC(C)=O.CC1C=C(CC=O)ON1C.CCC.CN1CCCC1C=NCC1=CC=CCC1. The Bertz CT molecular complexity index is 649. The van der Waals surface area contributed by atoms with Crippen molar-refractivity contribution >= 4 is 18.3 Å². The van der Waals surface area contributed by atoms with Gasteiger partial charge in [-0.15, -0.1) is 5.06 Å². The van der Waals surface area contributed by atoms with Gasteiger partial charge in [-0.3, -0.25) is 9.89 Å². The molecule has 196 valence electrons. The lowest BCUT2D eigenvalue weighted by Gasteiger charge is -2.14. The number of carbonyl (C=O) groups is 2. The fourth-order valence-corrected chi connectivity index (χ4v) is 3.06. The summed E-state index contributed by atoms with van der Waals surface area (Å²) in [7, 11) is 4.03. The van der Waals surface area contributed by atoms with E-state index in [-0.39, 0.29) is 11.8 Å². The highest BCUT2D eigenvalue weighted by Crippen LogP contribution is 2.17. The molecule has 0 radical (unpaired) electrons. The molecule has 1 aliphatic carbocycles. The highest BCUT2D eigenvalue weighted by molar-refractivity contribution is 5.72. The lowest BCUT2D eigenvalue weighted by atomic mass is 10.1. The van der Waals surface area contributed by atoms with Crippen LogP contribution in [0.4, 0.5) is 0 Å². The van der Waals surface area contributed by atoms with E-state index in [1.165, 1.54) is 58.1 Å². The molecule has 1 fully saturated rings. The van der Waals surface area contributed by atoms with Gasteiger partial charge in [0, 0.05) is 19.3 Å². The van der Waals surface area contributed by atoms with Gasteiger partial charge in [0.05, 0.1) is 19.0 Å². The standard InChI is InChI=1S/C13H20N2.C7H11NO2.C3H6O.C3H8.C2H6/c1-15-9-5-8-13(15)11-14-10-12-6-3-2-4-7-12;1-6-5-7(3-4-9)10-8(6)2;1-3(2)4;1-3-2;1-2/h2-3,6,11,13H,4-5,7-10H2,1H3;4-6H,3H2,1-2H3;1-2H3;3H2,1-2H3;1-2H3. The molecule has 2 atom stereocenters. The molecule has 2 heterocycles. The summed E-state index contributed by atoms with van der Waals surface area (Å²) in [4.78, 5) is 31.6. The van der Waals surface area contributed by atoms with E-state index < -0.39 is 0 Å². The summed E-state index contributed by atoms with van der Waals surface area (Å²) in [6.45, 7) is 15.4. The highest BCUT2D eigenvalue weighted by atomic mass is 16.7. The Balaban J connectivity index is 0. The number of hydrogen-bond donors (Lipinski definition) is 0. The smallest absolute Gasteiger partial charge is 0.129 e. The van der Waals surface area contributed by atoms with Crippen LogP contribution in [0, 0.1) is 0 Å². The quantitative estimate of drug-likeness (QED) is 0.349. The van der Waals surface area contributed by atoms with Crippen molar-refractivity contribution in [3.63, 3.8) is 0 Å². The zero-order valence-corrected chi connectivity index (χ0v) is 23.3. The van der Waals surface area contributed by atoms with Crippen LogP contribution in [-0.4, -0.2) is 67.5 Å². The van der Waals surface area contributed by atoms with Gasteiger partial charge in [-0.25, -0.2) is 0 Å². The van der Waals surface area contributed by atoms with Gasteiger partial charge in [-0.1, -0.05) is 52.3 Å². The van der Waals surface area contributed by atoms with E-state index in [4.69, 9.17) is 4.84 Å². The number of rotatable bonds is 5. The molecule has 0 aromatic rings. The van der Waals surface area contributed by atoms with Crippen molar-refractivity contribution < 1.29 is 14.4 Å². The first-order chi connectivity index (χ1) is 16.2. The third kappa shape index (κ3) is 18.4. The van der Waals surface area contributed by atoms with Crippen LogP contribution in [0.15, 0.2) is 40.6 Å². The highest BCUT2D eigenvalue weighted by Gasteiger charge is 2.18. The van der Waals surface area contributed by atoms with E-state index in [2.05, 4.69) is 55.2 Å². The van der Waals surface area contributed by atoms with Gasteiger partial charge in [0.2, 0.25) is 0 Å². The zero-order chi connectivity index (χ0) is 26.4. The fraction of sp³-hybridized carbons (Fsp3) is 0.679. The first-order valence-electron chi connectivity index (χ1n) is 12.8. The minimum Gasteiger partial charge on any atom is -0.410 e. The monoisotopic (exact) mass is 477 g/mol. The molecule has 0 bridgehead atoms. The number of carbonyl (C=O) groups excluding carboxylic acids is 2. The number of Topliss-reactive ketones (excluding diaryl/α,β-unsaturated/α-hetero) is 1. The van der Waals surface area contributed by atoms with E-state index >= 15 is 0 Å². The summed E-state index contributed by atoms with van der Waals surface area (Å²) < 4.78 is 0. The van der Waals surface area contributed by atoms with Crippen molar-refractivity contribution in [3.05, 3.63) is 35.6 Å². The Morgan fingerprint density at radius 1 is 1.24 bits per heavy atom. The number of aldehydes is 1. The summed E-state index contributed by atoms with van der Waals surface area (Å²) >= 11 is 0. The van der Waals surface area contributed by atoms with Crippen molar-refractivity contribution in [3.8, 4) is 0 Å². The van der Waals surface area contributed by atoms with Crippen LogP contribution in [0.5, 0.6) is 0 Å². The number of aliphatic imine (C=N–C) groups is 1. The lowest BCUT2D eigenvalue weighted by Crippen LogP contribution is -2.26. The first kappa shape index (κ1) is 34.1. The molecular formula is C28H51N3O3. The minimum absolute atomic E-state index is 0.167. The van der Waals surface area contributed by atoms with Crippen molar-refractivity contribution in [2.45, 2.75) is 99.1 Å². The molecule has 3 rings (SSSR count). The minimum atomic E-state index is 0.167. The second kappa shape index (κ2) is 22.7. The Morgan fingerprint density at radius 3 is 2.26 bits per heavy atom. The van der Waals surface area contributed by atoms with Crippen molar-refractivity contribution in [2.24, 2.45) is 4.99 Å². The Labute approximate surface area is 209 Å². The Hall–Kier alpha value is -2.05. The van der Waals surface area contributed by atoms with E-state index in [0.717, 1.165) is 18.6 Å². The predicted octanol–water partition coefficient (Wildman–Crippen LogP) is 6.19. The maximum atomic E-state index is 10.0. The number of hydrogen-bond acceptors (Lipinski definition) is 6. The molecule has 0 aromatic heterocycles. The van der Waals surface area contributed by atoms with E-state index in [9.17, 15) is 9.59 Å². The number of ketones is 1. The molecule has 0 amide bonds. The van der Waals surface area contributed by atoms with Gasteiger partial charge < -0.3 is 14.4 Å². The normalized spacial score (nSPS) is 21.2. The van der Waals surface area contributed by atoms with Gasteiger partial charge in [-0.05, 0) is 71.7 Å². The van der Waals surface area contributed by atoms with Gasteiger partial charge in [0.15, 0.2) is 0 Å². The van der Waals surface area contributed by atoms with Gasteiger partial charge >= 0.3 is 0 Å². The van der Waals surface area contributed by atoms with Crippen LogP contribution in [0.25, 0.3) is 0 Å². The van der Waals surface area contributed by atoms with Gasteiger partial charge in [0.1, 0.15) is 17.8 Å². The predicted molar refractivity (Wildman–Crippen MR) is 146 cm³/mol. The molecular weight excluding hydrogens is 426 g/mol. The molecule has 0 spiro atoms. The molecule has 6 heteroatoms. The summed E-state index contributed by atoms with van der Waals surface area (Å²) in [5, 5.41) is 1.72. The Kier molecular flexibility index (Phi) is 22.8. The number of hydroxylamine groups is 2. The molecule has 34 heavy (non-hydrogen) atoms. The molecule has 0 saturated carbocycles. The van der Waals surface area contributed by atoms with E-state index in [1.54, 1.807) is 5.06 Å². The molecule has 6 nitrogen and oxygen atoms in total. The maximum absolute atomic E-state index is 10.0. The third-order valence-corrected chi connectivity index (χ3v) is 4.80. The van der Waals surface area contributed by atoms with Crippen LogP contribution in [-0.2, 0) is 14.4 Å². The Morgan fingerprint density at radius 2 is 1.85 bits per heavy atom. The maximum Gasteiger partial charge on any atom is 0.129 e. The summed E-state index contributed by atoms with van der Waals surface area (Å²) in [5.74, 6) is 0.921. The lowest BCUT2D eigenvalue weighted by molar-refractivity contribution is -0.115. The topological polar surface area (TPSA) is 62.2 Å². The second-order valence-corrected chi connectivity index (χ2v) is 8.47. The van der Waals surface area contributed by atoms with Crippen molar-refractivity contribution in [1.82, 2.24) is 9.96 Å². The van der Waals surface area contributed by atoms with Crippen molar-refractivity contribution in [1.29, 1.82) is 0 Å².